The molecule has 0 amide bonds. The van der Waals surface area contributed by atoms with Gasteiger partial charge in [0.1, 0.15) is 19.3 Å². The minimum atomic E-state index is -4.29. The van der Waals surface area contributed by atoms with Crippen molar-refractivity contribution >= 4 is 13.8 Å². The SMILES string of the molecule is CC/C=C\C/C=C\C/C=C\C/C=C\C/C=C\CCOCC(COP(=O)(O)OCC[N+](C)(C)C)OC(=O)CCCCCCC/C=C\CCCCCC. The van der Waals surface area contributed by atoms with Crippen molar-refractivity contribution in [3.05, 3.63) is 72.9 Å². The summed E-state index contributed by atoms with van der Waals surface area (Å²) >= 11 is 0. The number of carbonyl (C=O) groups excluding carboxylic acids is 1. The Balaban J connectivity index is 4.45. The molecule has 0 aliphatic heterocycles. The first-order chi connectivity index (χ1) is 24.6. The van der Waals surface area contributed by atoms with Crippen molar-refractivity contribution in [3.8, 4) is 0 Å². The zero-order valence-electron chi connectivity index (χ0n) is 33.1. The molecule has 2 unspecified atom stereocenters. The minimum Gasteiger partial charge on any atom is -0.457 e. The summed E-state index contributed by atoms with van der Waals surface area (Å²) in [5.74, 6) is -0.352. The topological polar surface area (TPSA) is 91.3 Å². The highest BCUT2D eigenvalue weighted by atomic mass is 31.2. The first kappa shape index (κ1) is 48.9. The molecule has 0 bridgehead atoms. The van der Waals surface area contributed by atoms with Gasteiger partial charge in [0, 0.05) is 6.42 Å². The number of hydrogen-bond acceptors (Lipinski definition) is 6. The van der Waals surface area contributed by atoms with Gasteiger partial charge in [0.2, 0.25) is 0 Å². The Hall–Kier alpha value is -2.06. The number of hydrogen-bond donors (Lipinski definition) is 1. The second-order valence-corrected chi connectivity index (χ2v) is 15.4. The summed E-state index contributed by atoms with van der Waals surface area (Å²) in [4.78, 5) is 22.8. The van der Waals surface area contributed by atoms with Crippen LogP contribution in [0.2, 0.25) is 0 Å². The zero-order chi connectivity index (χ0) is 37.7. The van der Waals surface area contributed by atoms with E-state index >= 15 is 0 Å². The molecule has 0 heterocycles. The molecule has 0 saturated heterocycles. The van der Waals surface area contributed by atoms with Crippen LogP contribution < -0.4 is 0 Å². The fourth-order valence-electron chi connectivity index (χ4n) is 4.73. The summed E-state index contributed by atoms with van der Waals surface area (Å²) in [5.41, 5.74) is 0. The van der Waals surface area contributed by atoms with Gasteiger partial charge in [-0.15, -0.1) is 0 Å². The van der Waals surface area contributed by atoms with E-state index in [1.54, 1.807) is 0 Å². The molecule has 9 heteroatoms. The van der Waals surface area contributed by atoms with Gasteiger partial charge in [-0.3, -0.25) is 13.8 Å². The number of phosphoric ester groups is 1. The molecule has 0 rings (SSSR count). The van der Waals surface area contributed by atoms with Crippen molar-refractivity contribution in [1.29, 1.82) is 0 Å². The van der Waals surface area contributed by atoms with Crippen LogP contribution in [0.4, 0.5) is 0 Å². The summed E-state index contributed by atoms with van der Waals surface area (Å²) in [7, 11) is 1.60. The van der Waals surface area contributed by atoms with E-state index in [1.165, 1.54) is 38.5 Å². The Bertz CT molecular complexity index is 1040. The zero-order valence-corrected chi connectivity index (χ0v) is 34.0. The van der Waals surface area contributed by atoms with E-state index in [9.17, 15) is 14.3 Å². The summed E-state index contributed by atoms with van der Waals surface area (Å²) < 4.78 is 34.7. The van der Waals surface area contributed by atoms with Gasteiger partial charge in [0.25, 0.3) is 0 Å². The lowest BCUT2D eigenvalue weighted by molar-refractivity contribution is -0.870. The molecule has 0 aromatic rings. The first-order valence-electron chi connectivity index (χ1n) is 19.7. The summed E-state index contributed by atoms with van der Waals surface area (Å²) in [6.45, 7) is 5.22. The van der Waals surface area contributed by atoms with Crippen LogP contribution in [0, 0.1) is 0 Å². The standard InChI is InChI=1S/C42H74NO7P/c1-6-8-10-12-14-16-18-20-21-22-24-26-28-30-32-34-37-47-39-41(40-49-51(45,46)48-38-36-43(3,4)5)50-42(44)35-33-31-29-27-25-23-19-17-15-13-11-9-7-2/h8,10,14,16-17,19-21,24,26,30,32,41H,6-7,9,11-13,15,18,22-23,25,27-29,31,33-40H2,1-5H3/p+1/b10-8-,16-14-,19-17-,21-20-,26-24-,32-30-. The Morgan fingerprint density at radius 3 is 1.71 bits per heavy atom. The van der Waals surface area contributed by atoms with Crippen LogP contribution in [-0.2, 0) is 27.9 Å². The van der Waals surface area contributed by atoms with E-state index < -0.39 is 13.9 Å². The van der Waals surface area contributed by atoms with Crippen molar-refractivity contribution in [2.24, 2.45) is 0 Å². The summed E-state index contributed by atoms with van der Waals surface area (Å²) in [5, 5.41) is 0. The van der Waals surface area contributed by atoms with E-state index in [0.29, 0.717) is 30.5 Å². The summed E-state index contributed by atoms with van der Waals surface area (Å²) in [6.07, 6.45) is 43.8. The average Bonchev–Trinajstić information content (AvgIpc) is 3.08. The van der Waals surface area contributed by atoms with E-state index in [1.807, 2.05) is 21.1 Å². The van der Waals surface area contributed by atoms with Crippen LogP contribution in [0.25, 0.3) is 0 Å². The number of unbranched alkanes of at least 4 members (excludes halogenated alkanes) is 9. The summed E-state index contributed by atoms with van der Waals surface area (Å²) in [6, 6.07) is 0. The number of ether oxygens (including phenoxy) is 2. The quantitative estimate of drug-likeness (QED) is 0.0228. The van der Waals surface area contributed by atoms with Gasteiger partial charge in [-0.05, 0) is 70.6 Å². The highest BCUT2D eigenvalue weighted by molar-refractivity contribution is 7.47. The number of carbonyl (C=O) groups is 1. The third kappa shape index (κ3) is 39.0. The normalized spacial score (nSPS) is 14.7. The maximum absolute atomic E-state index is 12.6. The van der Waals surface area contributed by atoms with E-state index in [4.69, 9.17) is 18.5 Å². The number of phosphoric acid groups is 1. The smallest absolute Gasteiger partial charge is 0.457 e. The molecule has 0 aromatic carbocycles. The largest absolute Gasteiger partial charge is 0.472 e. The van der Waals surface area contributed by atoms with Crippen molar-refractivity contribution in [2.45, 2.75) is 136 Å². The molecule has 0 spiro atoms. The lowest BCUT2D eigenvalue weighted by atomic mass is 10.1. The van der Waals surface area contributed by atoms with Gasteiger partial charge in [0.05, 0.1) is 41.0 Å². The number of esters is 1. The molecular weight excluding hydrogens is 661 g/mol. The number of allylic oxidation sites excluding steroid dienone is 11. The van der Waals surface area contributed by atoms with E-state index in [0.717, 1.165) is 64.2 Å². The highest BCUT2D eigenvalue weighted by Crippen LogP contribution is 2.43. The highest BCUT2D eigenvalue weighted by Gasteiger charge is 2.26. The van der Waals surface area contributed by atoms with Crippen LogP contribution in [0.5, 0.6) is 0 Å². The molecule has 0 aliphatic carbocycles. The van der Waals surface area contributed by atoms with Gasteiger partial charge in [0.15, 0.2) is 0 Å². The molecule has 2 atom stereocenters. The van der Waals surface area contributed by atoms with Crippen LogP contribution in [0.15, 0.2) is 72.9 Å². The molecule has 8 nitrogen and oxygen atoms in total. The third-order valence-corrected chi connectivity index (χ3v) is 8.76. The van der Waals surface area contributed by atoms with Gasteiger partial charge in [-0.25, -0.2) is 4.57 Å². The number of nitrogens with zero attached hydrogens (tertiary/aromatic N) is 1. The Morgan fingerprint density at radius 2 is 1.14 bits per heavy atom. The van der Waals surface area contributed by atoms with Crippen LogP contribution in [-0.4, -0.2) is 75.6 Å². The van der Waals surface area contributed by atoms with Gasteiger partial charge >= 0.3 is 13.8 Å². The predicted octanol–water partition coefficient (Wildman–Crippen LogP) is 11.2. The molecule has 0 fully saturated rings. The van der Waals surface area contributed by atoms with E-state index in [2.05, 4.69) is 86.8 Å². The number of rotatable bonds is 35. The molecule has 0 aromatic heterocycles. The van der Waals surface area contributed by atoms with Gasteiger partial charge in [-0.2, -0.15) is 0 Å². The van der Waals surface area contributed by atoms with E-state index in [-0.39, 0.29) is 25.8 Å². The second-order valence-electron chi connectivity index (χ2n) is 13.9. The molecular formula is C42H75NO7P+. The van der Waals surface area contributed by atoms with Crippen LogP contribution in [0.3, 0.4) is 0 Å². The molecule has 0 saturated carbocycles. The monoisotopic (exact) mass is 737 g/mol. The fourth-order valence-corrected chi connectivity index (χ4v) is 5.47. The van der Waals surface area contributed by atoms with Crippen molar-refractivity contribution in [1.82, 2.24) is 0 Å². The van der Waals surface area contributed by atoms with Crippen LogP contribution >= 0.6 is 7.82 Å². The first-order valence-corrected chi connectivity index (χ1v) is 21.2. The molecule has 0 radical (unpaired) electrons. The Labute approximate surface area is 312 Å². The molecule has 0 aliphatic rings. The van der Waals surface area contributed by atoms with Crippen LogP contribution in [0.1, 0.15) is 129 Å². The van der Waals surface area contributed by atoms with Crippen molar-refractivity contribution in [2.75, 3.05) is 54.1 Å². The van der Waals surface area contributed by atoms with Crippen molar-refractivity contribution in [3.63, 3.8) is 0 Å². The Kier molecular flexibility index (Phi) is 33.6. The number of quaternary nitrogens is 1. The lowest BCUT2D eigenvalue weighted by Crippen LogP contribution is -2.37. The molecule has 1 N–H and O–H groups in total. The minimum absolute atomic E-state index is 0.0703. The fraction of sp³-hybridized carbons (Fsp3) is 0.690. The Morgan fingerprint density at radius 1 is 0.627 bits per heavy atom. The third-order valence-electron chi connectivity index (χ3n) is 7.77. The van der Waals surface area contributed by atoms with Gasteiger partial charge in [-0.1, -0.05) is 125 Å². The average molecular weight is 737 g/mol. The lowest BCUT2D eigenvalue weighted by Gasteiger charge is -2.24. The number of likely N-dealkylation sites (N-methyl/N-ethyl adjacent to an activating group) is 1. The van der Waals surface area contributed by atoms with Gasteiger partial charge < -0.3 is 18.9 Å². The predicted molar refractivity (Wildman–Crippen MR) is 215 cm³/mol. The maximum atomic E-state index is 12.6. The molecule has 294 valence electrons. The molecule has 51 heavy (non-hydrogen) atoms. The maximum Gasteiger partial charge on any atom is 0.472 e. The second kappa shape index (κ2) is 35.0. The van der Waals surface area contributed by atoms with Crippen molar-refractivity contribution < 1.29 is 37.3 Å².